The maximum atomic E-state index is 12.1. The summed E-state index contributed by atoms with van der Waals surface area (Å²) in [5.74, 6) is -1.71. The molecule has 8 nitrogen and oxygen atoms in total. The maximum Gasteiger partial charge on any atom is 0.303 e. The first-order valence-corrected chi connectivity index (χ1v) is 7.75. The number of nitrogens with zero attached hydrogens (tertiary/aromatic N) is 1. The topological polar surface area (TPSA) is 118 Å². The van der Waals surface area contributed by atoms with E-state index < -0.39 is 21.9 Å². The van der Waals surface area contributed by atoms with Crippen molar-refractivity contribution >= 4 is 21.9 Å². The van der Waals surface area contributed by atoms with Gasteiger partial charge in [0.25, 0.3) is 5.91 Å². The number of carbonyl (C=O) groups is 2. The monoisotopic (exact) mass is 317 g/mol. The molecule has 0 aliphatic heterocycles. The number of carboxylic acid groups (broad SMARTS) is 1. The number of aryl methyl sites for hydroxylation is 1. The molecular weight excluding hydrogens is 298 g/mol. The van der Waals surface area contributed by atoms with Gasteiger partial charge in [0.1, 0.15) is 10.6 Å². The van der Waals surface area contributed by atoms with Crippen LogP contribution in [0.1, 0.15) is 23.8 Å². The second-order valence-corrected chi connectivity index (χ2v) is 6.57. The number of sulfonamides is 1. The summed E-state index contributed by atoms with van der Waals surface area (Å²) < 4.78 is 27.9. The van der Waals surface area contributed by atoms with Crippen LogP contribution >= 0.6 is 0 Å². The molecule has 1 atom stereocenters. The van der Waals surface area contributed by atoms with E-state index in [1.54, 1.807) is 14.0 Å². The average Bonchev–Trinajstić information content (AvgIpc) is 2.78. The Morgan fingerprint density at radius 2 is 2.05 bits per heavy atom. The summed E-state index contributed by atoms with van der Waals surface area (Å²) in [4.78, 5) is 22.0. The lowest BCUT2D eigenvalue weighted by Crippen LogP contribution is -2.29. The van der Waals surface area contributed by atoms with Crippen LogP contribution in [0.2, 0.25) is 0 Å². The van der Waals surface area contributed by atoms with Crippen molar-refractivity contribution in [1.82, 2.24) is 14.6 Å². The van der Waals surface area contributed by atoms with E-state index in [0.717, 1.165) is 0 Å². The largest absolute Gasteiger partial charge is 0.481 e. The zero-order valence-corrected chi connectivity index (χ0v) is 12.9. The quantitative estimate of drug-likeness (QED) is 0.642. The molecule has 0 bridgehead atoms. The van der Waals surface area contributed by atoms with E-state index in [0.29, 0.717) is 0 Å². The Kier molecular flexibility index (Phi) is 5.50. The fourth-order valence-electron chi connectivity index (χ4n) is 1.74. The van der Waals surface area contributed by atoms with E-state index in [4.69, 9.17) is 5.11 Å². The standard InChI is InChI=1S/C12H19N3O5S/c1-8(4-11(16)17)6-14-21(19,20)9-5-10(12(18)13-2)15(3)7-9/h5,7-8,14H,4,6H2,1-3H3,(H,13,18)(H,16,17). The third-order valence-corrected chi connectivity index (χ3v) is 4.29. The van der Waals surface area contributed by atoms with Gasteiger partial charge >= 0.3 is 5.97 Å². The molecule has 0 aromatic carbocycles. The zero-order valence-electron chi connectivity index (χ0n) is 12.1. The van der Waals surface area contributed by atoms with Crippen LogP contribution in [0.25, 0.3) is 0 Å². The summed E-state index contributed by atoms with van der Waals surface area (Å²) >= 11 is 0. The second kappa shape index (κ2) is 6.72. The maximum absolute atomic E-state index is 12.1. The van der Waals surface area contributed by atoms with Gasteiger partial charge in [0.2, 0.25) is 10.0 Å². The highest BCUT2D eigenvalue weighted by Crippen LogP contribution is 2.14. The Bertz CT molecular complexity index is 635. The molecule has 118 valence electrons. The van der Waals surface area contributed by atoms with Crippen molar-refractivity contribution in [3.05, 3.63) is 18.0 Å². The van der Waals surface area contributed by atoms with Gasteiger partial charge in [-0.05, 0) is 12.0 Å². The molecule has 1 aromatic rings. The molecule has 1 aromatic heterocycles. The normalized spacial score (nSPS) is 12.9. The molecular formula is C12H19N3O5S. The van der Waals surface area contributed by atoms with Crippen LogP contribution in [0.4, 0.5) is 0 Å². The highest BCUT2D eigenvalue weighted by Gasteiger charge is 2.21. The van der Waals surface area contributed by atoms with Crippen LogP contribution in [0.15, 0.2) is 17.2 Å². The van der Waals surface area contributed by atoms with E-state index in [2.05, 4.69) is 10.0 Å². The highest BCUT2D eigenvalue weighted by atomic mass is 32.2. The molecule has 0 saturated heterocycles. The summed E-state index contributed by atoms with van der Waals surface area (Å²) in [6.45, 7) is 1.65. The number of aliphatic carboxylic acids is 1. The van der Waals surface area contributed by atoms with Gasteiger partial charge in [-0.3, -0.25) is 9.59 Å². The van der Waals surface area contributed by atoms with Crippen LogP contribution in [0.5, 0.6) is 0 Å². The van der Waals surface area contributed by atoms with Crippen molar-refractivity contribution in [3.63, 3.8) is 0 Å². The molecule has 0 saturated carbocycles. The van der Waals surface area contributed by atoms with Crippen molar-refractivity contribution in [1.29, 1.82) is 0 Å². The predicted molar refractivity (Wildman–Crippen MR) is 75.4 cm³/mol. The van der Waals surface area contributed by atoms with Crippen LogP contribution < -0.4 is 10.0 Å². The molecule has 9 heteroatoms. The van der Waals surface area contributed by atoms with Crippen LogP contribution in [-0.4, -0.2) is 43.6 Å². The molecule has 0 aliphatic rings. The SMILES string of the molecule is CNC(=O)c1cc(S(=O)(=O)NCC(C)CC(=O)O)cn1C. The summed E-state index contributed by atoms with van der Waals surface area (Å²) in [7, 11) is -0.758. The lowest BCUT2D eigenvalue weighted by molar-refractivity contribution is -0.137. The minimum atomic E-state index is -3.78. The first-order valence-electron chi connectivity index (χ1n) is 6.27. The molecule has 3 N–H and O–H groups in total. The lowest BCUT2D eigenvalue weighted by Gasteiger charge is -2.09. The Morgan fingerprint density at radius 3 is 2.57 bits per heavy atom. The Morgan fingerprint density at radius 1 is 1.43 bits per heavy atom. The molecule has 21 heavy (non-hydrogen) atoms. The molecule has 1 heterocycles. The van der Waals surface area contributed by atoms with E-state index in [1.165, 1.54) is 23.9 Å². The molecule has 1 rings (SSSR count). The van der Waals surface area contributed by atoms with Gasteiger partial charge in [-0.15, -0.1) is 0 Å². The summed E-state index contributed by atoms with van der Waals surface area (Å²) in [6, 6.07) is 1.27. The summed E-state index contributed by atoms with van der Waals surface area (Å²) in [5.41, 5.74) is 0.219. The van der Waals surface area contributed by atoms with Crippen molar-refractivity contribution in [3.8, 4) is 0 Å². The van der Waals surface area contributed by atoms with Gasteiger partial charge in [0.05, 0.1) is 0 Å². The molecule has 0 aliphatic carbocycles. The second-order valence-electron chi connectivity index (χ2n) is 4.81. The fourth-order valence-corrected chi connectivity index (χ4v) is 2.97. The Balaban J connectivity index is 2.84. The number of amides is 1. The van der Waals surface area contributed by atoms with E-state index >= 15 is 0 Å². The first-order chi connectivity index (χ1) is 9.67. The molecule has 0 fully saturated rings. The van der Waals surface area contributed by atoms with Gasteiger partial charge in [-0.1, -0.05) is 6.92 Å². The first kappa shape index (κ1) is 17.2. The highest BCUT2D eigenvalue weighted by molar-refractivity contribution is 7.89. The molecule has 1 amide bonds. The number of aromatic nitrogens is 1. The van der Waals surface area contributed by atoms with E-state index in [1.807, 2.05) is 0 Å². The van der Waals surface area contributed by atoms with Gasteiger partial charge in [-0.25, -0.2) is 13.1 Å². The van der Waals surface area contributed by atoms with Crippen LogP contribution in [-0.2, 0) is 21.9 Å². The van der Waals surface area contributed by atoms with Crippen LogP contribution in [0.3, 0.4) is 0 Å². The Labute approximate surface area is 123 Å². The van der Waals surface area contributed by atoms with Gasteiger partial charge < -0.3 is 15.0 Å². The number of hydrogen-bond donors (Lipinski definition) is 3. The summed E-state index contributed by atoms with van der Waals surface area (Å²) in [6.07, 6.45) is 1.20. The van der Waals surface area contributed by atoms with Crippen molar-refractivity contribution in [2.45, 2.75) is 18.2 Å². The number of rotatable bonds is 7. The van der Waals surface area contributed by atoms with Crippen LogP contribution in [0, 0.1) is 5.92 Å². The van der Waals surface area contributed by atoms with Crippen molar-refractivity contribution < 1.29 is 23.1 Å². The minimum absolute atomic E-state index is 0.0127. The third kappa shape index (κ3) is 4.57. The Hall–Kier alpha value is -1.87. The van der Waals surface area contributed by atoms with Crippen molar-refractivity contribution in [2.24, 2.45) is 13.0 Å². The fraction of sp³-hybridized carbons (Fsp3) is 0.500. The zero-order chi connectivity index (χ0) is 16.2. The minimum Gasteiger partial charge on any atom is -0.481 e. The van der Waals surface area contributed by atoms with Gasteiger partial charge in [0, 0.05) is 33.3 Å². The smallest absolute Gasteiger partial charge is 0.303 e. The molecule has 0 spiro atoms. The predicted octanol–water partition coefficient (Wildman–Crippen LogP) is -0.226. The summed E-state index contributed by atoms with van der Waals surface area (Å²) in [5, 5.41) is 11.1. The lowest BCUT2D eigenvalue weighted by atomic mass is 10.1. The molecule has 0 radical (unpaired) electrons. The molecule has 1 unspecified atom stereocenters. The number of hydrogen-bond acceptors (Lipinski definition) is 4. The average molecular weight is 317 g/mol. The van der Waals surface area contributed by atoms with Gasteiger partial charge in [-0.2, -0.15) is 0 Å². The number of carboxylic acids is 1. The van der Waals surface area contributed by atoms with Crippen molar-refractivity contribution in [2.75, 3.05) is 13.6 Å². The van der Waals surface area contributed by atoms with E-state index in [-0.39, 0.29) is 29.5 Å². The third-order valence-electron chi connectivity index (χ3n) is 2.89. The number of carbonyl (C=O) groups excluding carboxylic acids is 1. The van der Waals surface area contributed by atoms with Gasteiger partial charge in [0.15, 0.2) is 0 Å². The van der Waals surface area contributed by atoms with E-state index in [9.17, 15) is 18.0 Å². The number of nitrogens with one attached hydrogen (secondary N) is 2.